The van der Waals surface area contributed by atoms with Crippen molar-refractivity contribution in [2.45, 2.75) is 38.6 Å². The molecular weight excluding hydrogens is 438 g/mol. The van der Waals surface area contributed by atoms with E-state index in [1.165, 1.54) is 23.1 Å². The molecule has 0 saturated carbocycles. The number of rotatable bonds is 11. The molecule has 2 aromatic heterocycles. The topological polar surface area (TPSA) is 108 Å². The van der Waals surface area contributed by atoms with Crippen molar-refractivity contribution >= 4 is 40.1 Å². The maximum Gasteiger partial charge on any atom is 0.311 e. The molecule has 3 rings (SSSR count). The number of esters is 1. The van der Waals surface area contributed by atoms with Crippen LogP contribution in [0.4, 0.5) is 5.13 Å². The Hall–Kier alpha value is -2.92. The lowest BCUT2D eigenvalue weighted by Gasteiger charge is -2.08. The van der Waals surface area contributed by atoms with Crippen LogP contribution in [-0.4, -0.2) is 44.0 Å². The van der Waals surface area contributed by atoms with E-state index in [2.05, 4.69) is 20.5 Å². The molecule has 9 nitrogen and oxygen atoms in total. The summed E-state index contributed by atoms with van der Waals surface area (Å²) in [5.74, 6) is 1.05. The van der Waals surface area contributed by atoms with Crippen molar-refractivity contribution in [3.63, 3.8) is 0 Å². The highest BCUT2D eigenvalue weighted by Gasteiger charge is 2.15. The molecule has 0 atom stereocenters. The maximum atomic E-state index is 12.3. The number of amides is 1. The monoisotopic (exact) mass is 461 g/mol. The van der Waals surface area contributed by atoms with Crippen LogP contribution in [0, 0.1) is 0 Å². The molecule has 0 aliphatic carbocycles. The maximum absolute atomic E-state index is 12.3. The van der Waals surface area contributed by atoms with Crippen molar-refractivity contribution < 1.29 is 19.1 Å². The second-order valence-electron chi connectivity index (χ2n) is 6.21. The predicted molar refractivity (Wildman–Crippen MR) is 118 cm³/mol. The Morgan fingerprint density at radius 2 is 2.00 bits per heavy atom. The van der Waals surface area contributed by atoms with Gasteiger partial charge < -0.3 is 19.4 Å². The molecule has 1 N–H and O–H groups in total. The fourth-order valence-electron chi connectivity index (χ4n) is 2.61. The Morgan fingerprint density at radius 3 is 2.74 bits per heavy atom. The molecule has 0 radical (unpaired) electrons. The molecule has 0 spiro atoms. The highest BCUT2D eigenvalue weighted by atomic mass is 32.2. The second-order valence-corrected chi connectivity index (χ2v) is 8.01. The molecule has 164 valence electrons. The van der Waals surface area contributed by atoms with Gasteiger partial charge in [0.15, 0.2) is 16.1 Å². The first-order chi connectivity index (χ1) is 15.1. The standard InChI is InChI=1S/C20H23N5O4S2/c1-3-25-16(11-29-15-8-6-5-7-9-15)23-24-20(25)31-13-17(26)22-19-21-14(12-30-19)10-18(27)28-4-2/h5-9,12H,3-4,10-11,13H2,1-2H3,(H,21,22,26). The number of para-hydroxylation sites is 1. The Kier molecular flexibility index (Phi) is 8.42. The molecule has 0 fully saturated rings. The first kappa shape index (κ1) is 22.8. The number of hydrogen-bond acceptors (Lipinski definition) is 9. The zero-order valence-electron chi connectivity index (χ0n) is 17.2. The van der Waals surface area contributed by atoms with E-state index in [-0.39, 0.29) is 24.1 Å². The quantitative estimate of drug-likeness (QED) is 0.343. The number of hydrogen-bond donors (Lipinski definition) is 1. The zero-order chi connectivity index (χ0) is 22.1. The summed E-state index contributed by atoms with van der Waals surface area (Å²) in [7, 11) is 0. The number of thiazole rings is 1. The van der Waals surface area contributed by atoms with Crippen LogP contribution < -0.4 is 10.1 Å². The van der Waals surface area contributed by atoms with Gasteiger partial charge in [-0.2, -0.15) is 0 Å². The molecule has 1 amide bonds. The van der Waals surface area contributed by atoms with E-state index in [1.807, 2.05) is 41.8 Å². The molecule has 11 heteroatoms. The van der Waals surface area contributed by atoms with Crippen molar-refractivity contribution in [1.29, 1.82) is 0 Å². The van der Waals surface area contributed by atoms with Crippen molar-refractivity contribution in [1.82, 2.24) is 19.7 Å². The van der Waals surface area contributed by atoms with Crippen molar-refractivity contribution in [2.24, 2.45) is 0 Å². The third kappa shape index (κ3) is 6.79. The van der Waals surface area contributed by atoms with E-state index in [0.717, 1.165) is 5.75 Å². The normalized spacial score (nSPS) is 10.6. The molecule has 31 heavy (non-hydrogen) atoms. The van der Waals surface area contributed by atoms with Crippen LogP contribution in [0.1, 0.15) is 25.4 Å². The van der Waals surface area contributed by atoms with Crippen LogP contribution in [0.15, 0.2) is 40.9 Å². The summed E-state index contributed by atoms with van der Waals surface area (Å²) in [5.41, 5.74) is 0.570. The molecule has 0 saturated heterocycles. The van der Waals surface area contributed by atoms with Crippen molar-refractivity contribution in [3.8, 4) is 5.75 Å². The molecule has 3 aromatic rings. The van der Waals surface area contributed by atoms with Gasteiger partial charge in [0, 0.05) is 11.9 Å². The van der Waals surface area contributed by atoms with Gasteiger partial charge in [-0.3, -0.25) is 9.59 Å². The molecule has 1 aromatic carbocycles. The van der Waals surface area contributed by atoms with Gasteiger partial charge in [0.05, 0.1) is 24.5 Å². The summed E-state index contributed by atoms with van der Waals surface area (Å²) in [6, 6.07) is 9.49. The fraction of sp³-hybridized carbons (Fsp3) is 0.350. The van der Waals surface area contributed by atoms with E-state index in [0.29, 0.717) is 41.6 Å². The zero-order valence-corrected chi connectivity index (χ0v) is 18.9. The smallest absolute Gasteiger partial charge is 0.311 e. The summed E-state index contributed by atoms with van der Waals surface area (Å²) >= 11 is 2.56. The highest BCUT2D eigenvalue weighted by Crippen LogP contribution is 2.20. The Labute approximate surface area is 188 Å². The van der Waals surface area contributed by atoms with Crippen LogP contribution >= 0.6 is 23.1 Å². The first-order valence-corrected chi connectivity index (χ1v) is 11.6. The van der Waals surface area contributed by atoms with Crippen LogP contribution in [0.3, 0.4) is 0 Å². The predicted octanol–water partition coefficient (Wildman–Crippen LogP) is 3.17. The number of anilines is 1. The third-order valence-corrected chi connectivity index (χ3v) is 5.76. The molecular formula is C20H23N5O4S2. The largest absolute Gasteiger partial charge is 0.486 e. The number of ether oxygens (including phenoxy) is 2. The lowest BCUT2D eigenvalue weighted by atomic mass is 10.3. The number of thioether (sulfide) groups is 1. The summed E-state index contributed by atoms with van der Waals surface area (Å²) in [6.45, 7) is 5.02. The van der Waals surface area contributed by atoms with Crippen molar-refractivity contribution in [2.75, 3.05) is 17.7 Å². The molecule has 2 heterocycles. The van der Waals surface area contributed by atoms with Gasteiger partial charge in [0.2, 0.25) is 5.91 Å². The fourth-order valence-corrected chi connectivity index (χ4v) is 4.15. The Balaban J connectivity index is 1.50. The van der Waals surface area contributed by atoms with E-state index < -0.39 is 0 Å². The lowest BCUT2D eigenvalue weighted by molar-refractivity contribution is -0.142. The van der Waals surface area contributed by atoms with Gasteiger partial charge in [-0.05, 0) is 26.0 Å². The first-order valence-electron chi connectivity index (χ1n) is 9.71. The number of carbonyl (C=O) groups excluding carboxylic acids is 2. The molecule has 0 unspecified atom stereocenters. The Bertz CT molecular complexity index is 1010. The van der Waals surface area contributed by atoms with Gasteiger partial charge in [-0.1, -0.05) is 30.0 Å². The van der Waals surface area contributed by atoms with Gasteiger partial charge in [-0.15, -0.1) is 21.5 Å². The van der Waals surface area contributed by atoms with E-state index in [1.54, 1.807) is 12.3 Å². The van der Waals surface area contributed by atoms with Gasteiger partial charge in [0.25, 0.3) is 0 Å². The van der Waals surface area contributed by atoms with Crippen LogP contribution in [-0.2, 0) is 33.9 Å². The SMILES string of the molecule is CCOC(=O)Cc1csc(NC(=O)CSc2nnc(COc3ccccc3)n2CC)n1. The average molecular weight is 462 g/mol. The lowest BCUT2D eigenvalue weighted by Crippen LogP contribution is -2.15. The van der Waals surface area contributed by atoms with Crippen LogP contribution in [0.5, 0.6) is 5.75 Å². The minimum Gasteiger partial charge on any atom is -0.486 e. The minimum absolute atomic E-state index is 0.0857. The summed E-state index contributed by atoms with van der Waals surface area (Å²) in [4.78, 5) is 28.1. The number of benzene rings is 1. The number of carbonyl (C=O) groups is 2. The second kappa shape index (κ2) is 11.5. The van der Waals surface area contributed by atoms with E-state index >= 15 is 0 Å². The van der Waals surface area contributed by atoms with E-state index in [4.69, 9.17) is 9.47 Å². The highest BCUT2D eigenvalue weighted by molar-refractivity contribution is 7.99. The van der Waals surface area contributed by atoms with Gasteiger partial charge >= 0.3 is 5.97 Å². The van der Waals surface area contributed by atoms with Gasteiger partial charge in [0.1, 0.15) is 12.4 Å². The summed E-state index contributed by atoms with van der Waals surface area (Å²) in [6.07, 6.45) is 0.0857. The number of nitrogens with zero attached hydrogens (tertiary/aromatic N) is 4. The number of nitrogens with one attached hydrogen (secondary N) is 1. The molecule has 0 aliphatic heterocycles. The Morgan fingerprint density at radius 1 is 1.19 bits per heavy atom. The number of aromatic nitrogens is 4. The molecule has 0 aliphatic rings. The van der Waals surface area contributed by atoms with Gasteiger partial charge in [-0.25, -0.2) is 4.98 Å². The van der Waals surface area contributed by atoms with Crippen LogP contribution in [0.2, 0.25) is 0 Å². The minimum atomic E-state index is -0.341. The third-order valence-electron chi connectivity index (χ3n) is 3.98. The van der Waals surface area contributed by atoms with Crippen LogP contribution in [0.25, 0.3) is 0 Å². The van der Waals surface area contributed by atoms with Crippen molar-refractivity contribution in [3.05, 3.63) is 47.2 Å². The molecule has 0 bridgehead atoms. The van der Waals surface area contributed by atoms with E-state index in [9.17, 15) is 9.59 Å². The summed E-state index contributed by atoms with van der Waals surface area (Å²) < 4.78 is 12.6. The summed E-state index contributed by atoms with van der Waals surface area (Å²) in [5, 5.41) is 13.9. The average Bonchev–Trinajstić information content (AvgIpc) is 3.37.